The van der Waals surface area contributed by atoms with E-state index in [-0.39, 0.29) is 11.9 Å². The molecule has 1 aliphatic heterocycles. The number of hydrogen-bond acceptors (Lipinski definition) is 2. The van der Waals surface area contributed by atoms with Gasteiger partial charge in [0, 0.05) is 4.43 Å². The van der Waals surface area contributed by atoms with E-state index in [1.807, 2.05) is 0 Å². The third kappa shape index (κ3) is 1.89. The lowest BCUT2D eigenvalue weighted by Crippen LogP contribution is -2.15. The van der Waals surface area contributed by atoms with Crippen LogP contribution in [0.3, 0.4) is 0 Å². The molecular formula is C10H9FINO. The molecule has 1 aromatic rings. The Kier molecular flexibility index (Phi) is 3.00. The van der Waals surface area contributed by atoms with Crippen molar-refractivity contribution in [2.45, 2.75) is 6.10 Å². The highest BCUT2D eigenvalue weighted by atomic mass is 127. The second-order valence-corrected chi connectivity index (χ2v) is 3.90. The minimum absolute atomic E-state index is 0.102. The summed E-state index contributed by atoms with van der Waals surface area (Å²) in [5.74, 6) is 0.158. The van der Waals surface area contributed by atoms with Crippen LogP contribution in [0.25, 0.3) is 0 Å². The summed E-state index contributed by atoms with van der Waals surface area (Å²) in [5.41, 5.74) is 0.458. The Hall–Kier alpha value is -0.650. The van der Waals surface area contributed by atoms with Gasteiger partial charge in [0.15, 0.2) is 0 Å². The van der Waals surface area contributed by atoms with Gasteiger partial charge in [-0.05, 0) is 12.1 Å². The fourth-order valence-corrected chi connectivity index (χ4v) is 1.74. The average molecular weight is 305 g/mol. The summed E-state index contributed by atoms with van der Waals surface area (Å²) >= 11 is 2.24. The maximum absolute atomic E-state index is 13.3. The van der Waals surface area contributed by atoms with Crippen LogP contribution in [-0.2, 0) is 4.74 Å². The minimum atomic E-state index is -0.277. The molecule has 0 spiro atoms. The Morgan fingerprint density at radius 3 is 2.93 bits per heavy atom. The molecule has 2 rings (SSSR count). The van der Waals surface area contributed by atoms with Gasteiger partial charge in [-0.25, -0.2) is 9.38 Å². The second-order valence-electron chi connectivity index (χ2n) is 3.02. The monoisotopic (exact) mass is 305 g/mol. The van der Waals surface area contributed by atoms with Gasteiger partial charge in [0.2, 0.25) is 5.90 Å². The second kappa shape index (κ2) is 4.25. The third-order valence-corrected chi connectivity index (χ3v) is 2.98. The van der Waals surface area contributed by atoms with Gasteiger partial charge in [0.05, 0.1) is 12.1 Å². The molecule has 2 nitrogen and oxygen atoms in total. The topological polar surface area (TPSA) is 21.6 Å². The average Bonchev–Trinajstić information content (AvgIpc) is 2.67. The van der Waals surface area contributed by atoms with Crippen molar-refractivity contribution in [1.82, 2.24) is 0 Å². The number of rotatable bonds is 2. The molecule has 0 saturated heterocycles. The van der Waals surface area contributed by atoms with Gasteiger partial charge in [-0.1, -0.05) is 34.7 Å². The quantitative estimate of drug-likeness (QED) is 0.607. The van der Waals surface area contributed by atoms with Crippen LogP contribution >= 0.6 is 22.6 Å². The largest absolute Gasteiger partial charge is 0.471 e. The van der Waals surface area contributed by atoms with Crippen LogP contribution in [-0.4, -0.2) is 23.0 Å². The van der Waals surface area contributed by atoms with Crippen LogP contribution in [0.4, 0.5) is 4.39 Å². The number of alkyl halides is 1. The summed E-state index contributed by atoms with van der Waals surface area (Å²) < 4.78 is 19.7. The predicted octanol–water partition coefficient (Wildman–Crippen LogP) is 2.41. The highest BCUT2D eigenvalue weighted by Gasteiger charge is 2.21. The standard InChI is InChI=1S/C10H9FINO/c11-9-4-2-1-3-8(9)10-13-6-7(5-12)14-10/h1-4,7H,5-6H2. The van der Waals surface area contributed by atoms with Crippen molar-refractivity contribution in [2.75, 3.05) is 11.0 Å². The van der Waals surface area contributed by atoms with Gasteiger partial charge in [-0.3, -0.25) is 0 Å². The normalized spacial score (nSPS) is 20.4. The smallest absolute Gasteiger partial charge is 0.219 e. The van der Waals surface area contributed by atoms with Gasteiger partial charge in [0.25, 0.3) is 0 Å². The molecule has 1 aliphatic rings. The molecule has 0 amide bonds. The van der Waals surface area contributed by atoms with E-state index in [1.54, 1.807) is 18.2 Å². The molecule has 1 unspecified atom stereocenters. The maximum atomic E-state index is 13.3. The number of hydrogen-bond donors (Lipinski definition) is 0. The number of ether oxygens (including phenoxy) is 1. The summed E-state index contributed by atoms with van der Waals surface area (Å²) in [4.78, 5) is 4.17. The molecule has 0 aromatic heterocycles. The Morgan fingerprint density at radius 1 is 1.50 bits per heavy atom. The molecule has 1 atom stereocenters. The number of nitrogens with zero attached hydrogens (tertiary/aromatic N) is 1. The minimum Gasteiger partial charge on any atom is -0.471 e. The Balaban J connectivity index is 2.22. The van der Waals surface area contributed by atoms with Crippen molar-refractivity contribution in [1.29, 1.82) is 0 Å². The molecule has 14 heavy (non-hydrogen) atoms. The summed E-state index contributed by atoms with van der Waals surface area (Å²) in [6.07, 6.45) is 0.102. The van der Waals surface area contributed by atoms with E-state index in [1.165, 1.54) is 6.07 Å². The predicted molar refractivity (Wildman–Crippen MR) is 61.6 cm³/mol. The molecule has 1 heterocycles. The van der Waals surface area contributed by atoms with Crippen LogP contribution in [0, 0.1) is 5.82 Å². The zero-order chi connectivity index (χ0) is 9.97. The van der Waals surface area contributed by atoms with E-state index >= 15 is 0 Å². The van der Waals surface area contributed by atoms with Crippen LogP contribution in [0.1, 0.15) is 5.56 Å². The summed E-state index contributed by atoms with van der Waals surface area (Å²) in [5, 5.41) is 0. The lowest BCUT2D eigenvalue weighted by molar-refractivity contribution is 0.253. The molecule has 0 fully saturated rings. The zero-order valence-corrected chi connectivity index (χ0v) is 9.57. The fraction of sp³-hybridized carbons (Fsp3) is 0.300. The summed E-state index contributed by atoms with van der Waals surface area (Å²) in [6, 6.07) is 6.54. The van der Waals surface area contributed by atoms with Crippen molar-refractivity contribution in [3.63, 3.8) is 0 Å². The summed E-state index contributed by atoms with van der Waals surface area (Å²) in [7, 11) is 0. The van der Waals surface area contributed by atoms with Crippen molar-refractivity contribution in [2.24, 2.45) is 4.99 Å². The lowest BCUT2D eigenvalue weighted by Gasteiger charge is -2.07. The van der Waals surface area contributed by atoms with E-state index < -0.39 is 0 Å². The highest BCUT2D eigenvalue weighted by molar-refractivity contribution is 14.1. The van der Waals surface area contributed by atoms with E-state index in [9.17, 15) is 4.39 Å². The maximum Gasteiger partial charge on any atom is 0.219 e. The third-order valence-electron chi connectivity index (χ3n) is 1.99. The van der Waals surface area contributed by atoms with E-state index in [0.717, 1.165) is 4.43 Å². The molecule has 0 bridgehead atoms. The zero-order valence-electron chi connectivity index (χ0n) is 7.41. The van der Waals surface area contributed by atoms with Crippen LogP contribution in [0.5, 0.6) is 0 Å². The molecule has 0 saturated carbocycles. The van der Waals surface area contributed by atoms with Gasteiger partial charge < -0.3 is 4.74 Å². The van der Waals surface area contributed by atoms with Crippen molar-refractivity contribution in [3.8, 4) is 0 Å². The molecular weight excluding hydrogens is 296 g/mol. The van der Waals surface area contributed by atoms with Gasteiger partial charge in [-0.15, -0.1) is 0 Å². The number of benzene rings is 1. The van der Waals surface area contributed by atoms with Crippen LogP contribution < -0.4 is 0 Å². The van der Waals surface area contributed by atoms with Crippen molar-refractivity contribution >= 4 is 28.5 Å². The molecule has 4 heteroatoms. The SMILES string of the molecule is Fc1ccccc1C1=NCC(CI)O1. The first-order chi connectivity index (χ1) is 6.81. The first-order valence-corrected chi connectivity index (χ1v) is 5.86. The first kappa shape index (κ1) is 9.89. The van der Waals surface area contributed by atoms with E-state index in [4.69, 9.17) is 4.74 Å². The highest BCUT2D eigenvalue weighted by Crippen LogP contribution is 2.16. The first-order valence-electron chi connectivity index (χ1n) is 4.33. The van der Waals surface area contributed by atoms with Gasteiger partial charge in [0.1, 0.15) is 11.9 Å². The number of halogens is 2. The molecule has 1 aromatic carbocycles. The van der Waals surface area contributed by atoms with Crippen molar-refractivity contribution in [3.05, 3.63) is 35.6 Å². The Labute approximate surface area is 95.3 Å². The van der Waals surface area contributed by atoms with Crippen LogP contribution in [0.15, 0.2) is 29.3 Å². The lowest BCUT2D eigenvalue weighted by atomic mass is 10.2. The molecule has 0 aliphatic carbocycles. The van der Waals surface area contributed by atoms with Crippen molar-refractivity contribution < 1.29 is 9.13 Å². The Bertz CT molecular complexity index is 367. The van der Waals surface area contributed by atoms with E-state index in [2.05, 4.69) is 27.6 Å². The molecule has 0 radical (unpaired) electrons. The van der Waals surface area contributed by atoms with Crippen LogP contribution in [0.2, 0.25) is 0 Å². The van der Waals surface area contributed by atoms with E-state index in [0.29, 0.717) is 18.0 Å². The van der Waals surface area contributed by atoms with Gasteiger partial charge >= 0.3 is 0 Å². The molecule has 0 N–H and O–H groups in total. The number of aliphatic imine (C=N–C) groups is 1. The summed E-state index contributed by atoms with van der Waals surface area (Å²) in [6.45, 7) is 0.632. The fourth-order valence-electron chi connectivity index (χ4n) is 1.28. The van der Waals surface area contributed by atoms with Gasteiger partial charge in [-0.2, -0.15) is 0 Å². The molecule has 74 valence electrons. The Morgan fingerprint density at radius 2 is 2.29 bits per heavy atom.